The summed E-state index contributed by atoms with van der Waals surface area (Å²) in [6.45, 7) is 3.77. The van der Waals surface area contributed by atoms with Gasteiger partial charge in [-0.05, 0) is 23.6 Å². The molecular weight excluding hydrogens is 376 g/mol. The Balaban J connectivity index is 1.35. The Labute approximate surface area is 167 Å². The van der Waals surface area contributed by atoms with Gasteiger partial charge < -0.3 is 9.80 Å². The fraction of sp³-hybridized carbons (Fsp3) is 0.250. The number of carbonyl (C=O) groups excluding carboxylic acids is 1. The standard InChI is InChI=1S/C20H20N4OS2/c25-17(18-7-4-12-26-18)14-27-20-13-19(21-15-22-20)24-10-8-23(9-11-24)16-5-2-1-3-6-16/h1-7,12-13,15H,8-11,14H2. The Kier molecular flexibility index (Phi) is 5.69. The third-order valence-corrected chi connectivity index (χ3v) is 6.34. The molecule has 1 aromatic carbocycles. The van der Waals surface area contributed by atoms with Crippen LogP contribution in [0.25, 0.3) is 0 Å². The monoisotopic (exact) mass is 396 g/mol. The molecule has 3 aromatic rings. The van der Waals surface area contributed by atoms with Gasteiger partial charge in [0.2, 0.25) is 0 Å². The Hall–Kier alpha value is -2.38. The molecule has 1 saturated heterocycles. The van der Waals surface area contributed by atoms with Crippen LogP contribution >= 0.6 is 23.1 Å². The maximum Gasteiger partial charge on any atom is 0.183 e. The fourth-order valence-electron chi connectivity index (χ4n) is 3.06. The van der Waals surface area contributed by atoms with Gasteiger partial charge in [-0.1, -0.05) is 36.0 Å². The van der Waals surface area contributed by atoms with E-state index >= 15 is 0 Å². The molecule has 3 heterocycles. The van der Waals surface area contributed by atoms with Gasteiger partial charge in [-0.25, -0.2) is 9.97 Å². The maximum absolute atomic E-state index is 12.2. The van der Waals surface area contributed by atoms with Gasteiger partial charge >= 0.3 is 0 Å². The predicted molar refractivity (Wildman–Crippen MR) is 112 cm³/mol. The van der Waals surface area contributed by atoms with Gasteiger partial charge in [0.25, 0.3) is 0 Å². The van der Waals surface area contributed by atoms with E-state index in [0.717, 1.165) is 41.9 Å². The number of rotatable bonds is 6. The Morgan fingerprint density at radius 2 is 1.78 bits per heavy atom. The average Bonchev–Trinajstić information content (AvgIpc) is 3.28. The molecule has 7 heteroatoms. The van der Waals surface area contributed by atoms with Crippen LogP contribution in [0.4, 0.5) is 11.5 Å². The van der Waals surface area contributed by atoms with Gasteiger partial charge in [0, 0.05) is 37.9 Å². The van der Waals surface area contributed by atoms with Crippen molar-refractivity contribution in [3.8, 4) is 0 Å². The SMILES string of the molecule is O=C(CSc1cc(N2CCN(c3ccccc3)CC2)ncn1)c1cccs1. The minimum absolute atomic E-state index is 0.145. The summed E-state index contributed by atoms with van der Waals surface area (Å²) in [5, 5.41) is 2.77. The summed E-state index contributed by atoms with van der Waals surface area (Å²) in [5.74, 6) is 1.48. The first-order valence-corrected chi connectivity index (χ1v) is 10.7. The van der Waals surface area contributed by atoms with Crippen LogP contribution in [-0.4, -0.2) is 47.7 Å². The van der Waals surface area contributed by atoms with E-state index in [9.17, 15) is 4.79 Å². The highest BCUT2D eigenvalue weighted by atomic mass is 32.2. The molecule has 27 heavy (non-hydrogen) atoms. The highest BCUT2D eigenvalue weighted by Gasteiger charge is 2.19. The molecule has 0 aliphatic carbocycles. The van der Waals surface area contributed by atoms with E-state index in [1.807, 2.05) is 29.6 Å². The van der Waals surface area contributed by atoms with Crippen LogP contribution in [-0.2, 0) is 0 Å². The van der Waals surface area contributed by atoms with Crippen LogP contribution in [0.5, 0.6) is 0 Å². The first-order valence-electron chi connectivity index (χ1n) is 8.86. The normalized spacial score (nSPS) is 14.4. The fourth-order valence-corrected chi connectivity index (χ4v) is 4.56. The number of anilines is 2. The zero-order valence-corrected chi connectivity index (χ0v) is 16.5. The molecular formula is C20H20N4OS2. The van der Waals surface area contributed by atoms with Crippen LogP contribution in [0.3, 0.4) is 0 Å². The quantitative estimate of drug-likeness (QED) is 0.358. The second-order valence-electron chi connectivity index (χ2n) is 6.21. The lowest BCUT2D eigenvalue weighted by molar-refractivity contribution is 0.102. The molecule has 1 aliphatic rings. The second-order valence-corrected chi connectivity index (χ2v) is 8.16. The summed E-state index contributed by atoms with van der Waals surface area (Å²) in [4.78, 5) is 26.4. The number of Topliss-reactive ketones (excluding diaryl/α,β-unsaturated/α-hetero) is 1. The van der Waals surface area contributed by atoms with E-state index in [1.54, 1.807) is 6.33 Å². The molecule has 0 amide bonds. The van der Waals surface area contributed by atoms with Crippen LogP contribution in [0, 0.1) is 0 Å². The van der Waals surface area contributed by atoms with E-state index in [1.165, 1.54) is 28.8 Å². The summed E-state index contributed by atoms with van der Waals surface area (Å²) in [5.41, 5.74) is 1.27. The van der Waals surface area contributed by atoms with Crippen LogP contribution < -0.4 is 9.80 Å². The van der Waals surface area contributed by atoms with Crippen molar-refractivity contribution >= 4 is 40.4 Å². The molecule has 1 fully saturated rings. The highest BCUT2D eigenvalue weighted by molar-refractivity contribution is 8.00. The Morgan fingerprint density at radius 3 is 2.52 bits per heavy atom. The van der Waals surface area contributed by atoms with Gasteiger partial charge in [0.05, 0.1) is 10.6 Å². The van der Waals surface area contributed by atoms with E-state index < -0.39 is 0 Å². The molecule has 1 aliphatic heterocycles. The lowest BCUT2D eigenvalue weighted by atomic mass is 10.2. The summed E-state index contributed by atoms with van der Waals surface area (Å²) < 4.78 is 0. The molecule has 4 rings (SSSR count). The van der Waals surface area contributed by atoms with Gasteiger partial charge in [-0.2, -0.15) is 0 Å². The molecule has 0 bridgehead atoms. The molecule has 5 nitrogen and oxygen atoms in total. The predicted octanol–water partition coefficient (Wildman–Crippen LogP) is 3.84. The first-order chi connectivity index (χ1) is 13.3. The number of hydrogen-bond donors (Lipinski definition) is 0. The van der Waals surface area contributed by atoms with E-state index in [0.29, 0.717) is 5.75 Å². The summed E-state index contributed by atoms with van der Waals surface area (Å²) in [6.07, 6.45) is 1.59. The molecule has 0 spiro atoms. The smallest absolute Gasteiger partial charge is 0.183 e. The second kappa shape index (κ2) is 8.54. The van der Waals surface area contributed by atoms with Crippen molar-refractivity contribution in [2.45, 2.75) is 5.03 Å². The number of ketones is 1. The van der Waals surface area contributed by atoms with Crippen molar-refractivity contribution in [3.05, 3.63) is 65.1 Å². The number of piperazine rings is 1. The van der Waals surface area contributed by atoms with Crippen molar-refractivity contribution in [1.29, 1.82) is 0 Å². The van der Waals surface area contributed by atoms with Crippen LogP contribution in [0.15, 0.2) is 65.3 Å². The van der Waals surface area contributed by atoms with Crippen molar-refractivity contribution in [2.75, 3.05) is 41.7 Å². The van der Waals surface area contributed by atoms with Crippen molar-refractivity contribution < 1.29 is 4.79 Å². The molecule has 0 radical (unpaired) electrons. The average molecular weight is 397 g/mol. The molecule has 0 atom stereocenters. The third kappa shape index (κ3) is 4.48. The van der Waals surface area contributed by atoms with Crippen LogP contribution in [0.1, 0.15) is 9.67 Å². The molecule has 0 N–H and O–H groups in total. The number of thioether (sulfide) groups is 1. The van der Waals surface area contributed by atoms with Gasteiger partial charge in [0.1, 0.15) is 17.2 Å². The Bertz CT molecular complexity index is 878. The van der Waals surface area contributed by atoms with E-state index in [2.05, 4.69) is 44.0 Å². The van der Waals surface area contributed by atoms with Crippen molar-refractivity contribution in [3.63, 3.8) is 0 Å². The van der Waals surface area contributed by atoms with E-state index in [4.69, 9.17) is 0 Å². The van der Waals surface area contributed by atoms with Crippen LogP contribution in [0.2, 0.25) is 0 Å². The first kappa shape index (κ1) is 18.0. The number of benzene rings is 1. The summed E-state index contributed by atoms with van der Waals surface area (Å²) >= 11 is 2.95. The zero-order valence-electron chi connectivity index (χ0n) is 14.8. The topological polar surface area (TPSA) is 49.3 Å². The van der Waals surface area contributed by atoms with Crippen molar-refractivity contribution in [1.82, 2.24) is 9.97 Å². The summed E-state index contributed by atoms with van der Waals surface area (Å²) in [6, 6.07) is 16.3. The maximum atomic E-state index is 12.2. The molecule has 0 saturated carbocycles. The third-order valence-electron chi connectivity index (χ3n) is 4.50. The van der Waals surface area contributed by atoms with Crippen molar-refractivity contribution in [2.24, 2.45) is 0 Å². The largest absolute Gasteiger partial charge is 0.368 e. The number of nitrogens with zero attached hydrogens (tertiary/aromatic N) is 4. The number of carbonyl (C=O) groups is 1. The van der Waals surface area contributed by atoms with Gasteiger partial charge in [0.15, 0.2) is 5.78 Å². The number of thiophene rings is 1. The van der Waals surface area contributed by atoms with E-state index in [-0.39, 0.29) is 5.78 Å². The van der Waals surface area contributed by atoms with Gasteiger partial charge in [-0.15, -0.1) is 11.3 Å². The molecule has 0 unspecified atom stereocenters. The lowest BCUT2D eigenvalue weighted by Gasteiger charge is -2.36. The summed E-state index contributed by atoms with van der Waals surface area (Å²) in [7, 11) is 0. The minimum atomic E-state index is 0.145. The zero-order chi connectivity index (χ0) is 18.5. The lowest BCUT2D eigenvalue weighted by Crippen LogP contribution is -2.46. The highest BCUT2D eigenvalue weighted by Crippen LogP contribution is 2.23. The molecule has 138 valence electrons. The minimum Gasteiger partial charge on any atom is -0.368 e. The number of aromatic nitrogens is 2. The molecule has 2 aromatic heterocycles. The number of para-hydroxylation sites is 1. The number of hydrogen-bond acceptors (Lipinski definition) is 7. The van der Waals surface area contributed by atoms with Gasteiger partial charge in [-0.3, -0.25) is 4.79 Å². The Morgan fingerprint density at radius 1 is 1.00 bits per heavy atom.